The fourth-order valence-corrected chi connectivity index (χ4v) is 2.95. The van der Waals surface area contributed by atoms with Crippen LogP contribution in [0.2, 0.25) is 0 Å². The van der Waals surface area contributed by atoms with Gasteiger partial charge >= 0.3 is 0 Å². The van der Waals surface area contributed by atoms with E-state index in [1.54, 1.807) is 0 Å². The monoisotopic (exact) mass is 268 g/mol. The molecule has 0 saturated carbocycles. The summed E-state index contributed by atoms with van der Waals surface area (Å²) in [4.78, 5) is 18.9. The Hall–Kier alpha value is -0.900. The summed E-state index contributed by atoms with van der Waals surface area (Å²) in [5.74, 6) is 0.952. The van der Waals surface area contributed by atoms with Crippen LogP contribution in [0.5, 0.6) is 0 Å². The zero-order valence-electron chi connectivity index (χ0n) is 12.1. The second kappa shape index (κ2) is 6.88. The van der Waals surface area contributed by atoms with Crippen LogP contribution < -0.4 is 4.90 Å². The second-order valence-electron chi connectivity index (χ2n) is 5.11. The number of nitrogens with zero attached hydrogens (tertiary/aromatic N) is 2. The first kappa shape index (κ1) is 15.2. The van der Waals surface area contributed by atoms with E-state index < -0.39 is 0 Å². The Labute approximate surface area is 114 Å². The highest BCUT2D eigenvalue weighted by Gasteiger charge is 2.18. The number of rotatable bonds is 7. The molecule has 3 nitrogen and oxygen atoms in total. The Morgan fingerprint density at radius 1 is 1.33 bits per heavy atom. The van der Waals surface area contributed by atoms with Crippen molar-refractivity contribution in [2.45, 2.75) is 47.0 Å². The van der Waals surface area contributed by atoms with E-state index in [1.165, 1.54) is 11.3 Å². The molecule has 1 aromatic rings. The summed E-state index contributed by atoms with van der Waals surface area (Å²) in [5.41, 5.74) is 0.967. The van der Waals surface area contributed by atoms with Crippen molar-refractivity contribution in [2.75, 3.05) is 18.0 Å². The summed E-state index contributed by atoms with van der Waals surface area (Å²) in [6, 6.07) is 0. The fourth-order valence-electron chi connectivity index (χ4n) is 1.88. The van der Waals surface area contributed by atoms with Gasteiger partial charge in [0.25, 0.3) is 0 Å². The first-order chi connectivity index (χ1) is 8.53. The van der Waals surface area contributed by atoms with Crippen LogP contribution >= 0.6 is 11.3 Å². The third kappa shape index (κ3) is 3.55. The summed E-state index contributed by atoms with van der Waals surface area (Å²) >= 11 is 1.52. The maximum Gasteiger partial charge on any atom is 0.186 e. The number of carbonyl (C=O) groups is 1. The van der Waals surface area contributed by atoms with Gasteiger partial charge in [-0.05, 0) is 25.2 Å². The van der Waals surface area contributed by atoms with Gasteiger partial charge in [0, 0.05) is 13.1 Å². The molecule has 0 spiro atoms. The van der Waals surface area contributed by atoms with Crippen molar-refractivity contribution in [2.24, 2.45) is 5.92 Å². The zero-order chi connectivity index (χ0) is 13.7. The van der Waals surface area contributed by atoms with Crippen LogP contribution in [0.3, 0.4) is 0 Å². The average Bonchev–Trinajstić information content (AvgIpc) is 2.78. The van der Waals surface area contributed by atoms with Gasteiger partial charge in [-0.3, -0.25) is 4.79 Å². The summed E-state index contributed by atoms with van der Waals surface area (Å²) in [6.07, 6.45) is 1.96. The van der Waals surface area contributed by atoms with Crippen molar-refractivity contribution in [3.05, 3.63) is 10.6 Å². The number of hydrogen-bond donors (Lipinski definition) is 0. The first-order valence-corrected chi connectivity index (χ1v) is 7.55. The van der Waals surface area contributed by atoms with Crippen LogP contribution in [0.4, 0.5) is 5.13 Å². The molecule has 1 atom stereocenters. The van der Waals surface area contributed by atoms with Crippen molar-refractivity contribution >= 4 is 22.8 Å². The summed E-state index contributed by atoms with van der Waals surface area (Å²) in [6.45, 7) is 12.7. The van der Waals surface area contributed by atoms with E-state index in [0.29, 0.717) is 11.8 Å². The topological polar surface area (TPSA) is 33.2 Å². The van der Waals surface area contributed by atoms with Gasteiger partial charge in [-0.15, -0.1) is 0 Å². The molecular weight excluding hydrogens is 244 g/mol. The highest BCUT2D eigenvalue weighted by Crippen LogP contribution is 2.31. The lowest BCUT2D eigenvalue weighted by Gasteiger charge is -2.21. The molecule has 0 aliphatic heterocycles. The van der Waals surface area contributed by atoms with Crippen LogP contribution in [0.1, 0.15) is 62.3 Å². The second-order valence-corrected chi connectivity index (χ2v) is 6.11. The van der Waals surface area contributed by atoms with Crippen molar-refractivity contribution in [3.63, 3.8) is 0 Å². The molecule has 4 heteroatoms. The number of thiazole rings is 1. The smallest absolute Gasteiger partial charge is 0.186 e. The SMILES string of the molecule is CCC(C)c1nc(N(CC)CC(C)C)sc1C=O. The predicted molar refractivity (Wildman–Crippen MR) is 78.9 cm³/mol. The molecule has 0 fully saturated rings. The molecule has 1 unspecified atom stereocenters. The van der Waals surface area contributed by atoms with Crippen molar-refractivity contribution in [1.82, 2.24) is 4.98 Å². The Kier molecular flexibility index (Phi) is 5.79. The van der Waals surface area contributed by atoms with Crippen molar-refractivity contribution < 1.29 is 4.79 Å². The zero-order valence-corrected chi connectivity index (χ0v) is 12.9. The first-order valence-electron chi connectivity index (χ1n) is 6.74. The molecule has 1 heterocycles. The number of aldehydes is 1. The molecular formula is C14H24N2OS. The van der Waals surface area contributed by atoms with Gasteiger partial charge in [0.1, 0.15) is 0 Å². The average molecular weight is 268 g/mol. The summed E-state index contributed by atoms with van der Waals surface area (Å²) < 4.78 is 0. The number of hydrogen-bond acceptors (Lipinski definition) is 4. The molecule has 0 N–H and O–H groups in total. The van der Waals surface area contributed by atoms with E-state index >= 15 is 0 Å². The van der Waals surface area contributed by atoms with Crippen LogP contribution in [0, 0.1) is 5.92 Å². The Morgan fingerprint density at radius 3 is 2.44 bits per heavy atom. The minimum Gasteiger partial charge on any atom is -0.348 e. The fraction of sp³-hybridized carbons (Fsp3) is 0.714. The van der Waals surface area contributed by atoms with E-state index in [2.05, 4.69) is 44.5 Å². The van der Waals surface area contributed by atoms with Crippen molar-refractivity contribution in [3.8, 4) is 0 Å². The van der Waals surface area contributed by atoms with E-state index in [1.807, 2.05) is 0 Å². The van der Waals surface area contributed by atoms with Gasteiger partial charge in [-0.25, -0.2) is 4.98 Å². The minimum absolute atomic E-state index is 0.355. The predicted octanol–water partition coefficient (Wildman–Crippen LogP) is 3.95. The molecule has 0 saturated heterocycles. The van der Waals surface area contributed by atoms with Gasteiger partial charge in [-0.2, -0.15) is 0 Å². The van der Waals surface area contributed by atoms with E-state index in [9.17, 15) is 4.79 Å². The van der Waals surface area contributed by atoms with E-state index in [0.717, 1.165) is 41.5 Å². The van der Waals surface area contributed by atoms with Gasteiger partial charge in [0.15, 0.2) is 11.4 Å². The summed E-state index contributed by atoms with van der Waals surface area (Å²) in [7, 11) is 0. The largest absolute Gasteiger partial charge is 0.348 e. The highest BCUT2D eigenvalue weighted by molar-refractivity contribution is 7.17. The summed E-state index contributed by atoms with van der Waals surface area (Å²) in [5, 5.41) is 0.989. The quantitative estimate of drug-likeness (QED) is 0.702. The van der Waals surface area contributed by atoms with Gasteiger partial charge < -0.3 is 4.90 Å². The lowest BCUT2D eigenvalue weighted by atomic mass is 10.0. The van der Waals surface area contributed by atoms with Gasteiger partial charge in [0.2, 0.25) is 0 Å². The van der Waals surface area contributed by atoms with Crippen molar-refractivity contribution in [1.29, 1.82) is 0 Å². The third-order valence-corrected chi connectivity index (χ3v) is 4.15. The lowest BCUT2D eigenvalue weighted by Crippen LogP contribution is -2.27. The van der Waals surface area contributed by atoms with Gasteiger partial charge in [-0.1, -0.05) is 39.0 Å². The number of aromatic nitrogens is 1. The molecule has 18 heavy (non-hydrogen) atoms. The van der Waals surface area contributed by atoms with E-state index in [-0.39, 0.29) is 0 Å². The maximum absolute atomic E-state index is 11.1. The highest BCUT2D eigenvalue weighted by atomic mass is 32.1. The number of carbonyl (C=O) groups excluding carboxylic acids is 1. The van der Waals surface area contributed by atoms with Crippen LogP contribution in [0.25, 0.3) is 0 Å². The Balaban J connectivity index is 3.02. The van der Waals surface area contributed by atoms with Crippen LogP contribution in [-0.2, 0) is 0 Å². The van der Waals surface area contributed by atoms with Gasteiger partial charge in [0.05, 0.1) is 10.6 Å². The molecule has 0 aromatic carbocycles. The molecule has 102 valence electrons. The Morgan fingerprint density at radius 2 is 2.00 bits per heavy atom. The molecule has 0 aliphatic rings. The molecule has 0 bridgehead atoms. The molecule has 0 amide bonds. The number of anilines is 1. The molecule has 1 rings (SSSR count). The third-order valence-electron chi connectivity index (χ3n) is 3.09. The van der Waals surface area contributed by atoms with Crippen LogP contribution in [-0.4, -0.2) is 24.4 Å². The Bertz CT molecular complexity index is 387. The molecule has 0 radical (unpaired) electrons. The molecule has 0 aliphatic carbocycles. The van der Waals surface area contributed by atoms with Crippen LogP contribution in [0.15, 0.2) is 0 Å². The van der Waals surface area contributed by atoms with E-state index in [4.69, 9.17) is 0 Å². The maximum atomic E-state index is 11.1. The standard InChI is InChI=1S/C14H24N2OS/c1-6-11(5)13-12(9-17)18-14(15-13)16(7-2)8-10(3)4/h9-11H,6-8H2,1-5H3. The molecule has 1 aromatic heterocycles. The minimum atomic E-state index is 0.355. The normalized spacial score (nSPS) is 12.8. The lowest BCUT2D eigenvalue weighted by molar-refractivity contribution is 0.112.